The second-order valence-electron chi connectivity index (χ2n) is 12.2. The Kier molecular flexibility index (Phi) is 8.84. The number of hydrogen-bond donors (Lipinski definition) is 3. The minimum absolute atomic E-state index is 0.0758. The number of ether oxygens (including phenoxy) is 2. The fraction of sp³-hybridized carbons (Fsp3) is 0.353. The van der Waals surface area contributed by atoms with Crippen LogP contribution in [0.4, 0.5) is 11.4 Å². The third-order valence-electron chi connectivity index (χ3n) is 8.71. The molecule has 46 heavy (non-hydrogen) atoms. The van der Waals surface area contributed by atoms with Gasteiger partial charge in [-0.05, 0) is 44.2 Å². The summed E-state index contributed by atoms with van der Waals surface area (Å²) >= 11 is 6.90. The molecule has 12 heteroatoms. The van der Waals surface area contributed by atoms with Crippen LogP contribution in [0.5, 0.6) is 5.75 Å². The fourth-order valence-electron chi connectivity index (χ4n) is 5.86. The number of carbonyl (C=O) groups is 2. The van der Waals surface area contributed by atoms with Crippen molar-refractivity contribution in [2.75, 3.05) is 44.5 Å². The van der Waals surface area contributed by atoms with Gasteiger partial charge in [-0.3, -0.25) is 14.6 Å². The molecule has 240 valence electrons. The number of carbonyl (C=O) groups excluding carboxylic acids is 2. The SMILES string of the molecule is COc1cc(C(=O)Nc2cccc(-c3cccc(NC(=O)c4nc5c(n4C)CCN(C)C5)c3Cl)c2C)ncc1CNC1(C)COC1. The maximum atomic E-state index is 13.3. The predicted molar refractivity (Wildman–Crippen MR) is 178 cm³/mol. The molecule has 0 saturated carbocycles. The summed E-state index contributed by atoms with van der Waals surface area (Å²) in [6, 6.07) is 12.7. The van der Waals surface area contributed by atoms with Crippen LogP contribution in [0.3, 0.4) is 0 Å². The van der Waals surface area contributed by atoms with Crippen molar-refractivity contribution in [1.29, 1.82) is 0 Å². The Hall–Kier alpha value is -4.29. The lowest BCUT2D eigenvalue weighted by atomic mass is 9.98. The average Bonchev–Trinajstić information content (AvgIpc) is 3.36. The zero-order valence-electron chi connectivity index (χ0n) is 26.7. The monoisotopic (exact) mass is 643 g/mol. The van der Waals surface area contributed by atoms with E-state index in [1.54, 1.807) is 25.4 Å². The summed E-state index contributed by atoms with van der Waals surface area (Å²) in [6.07, 6.45) is 2.50. The highest BCUT2D eigenvalue weighted by molar-refractivity contribution is 6.36. The molecular weight excluding hydrogens is 606 g/mol. The number of nitrogens with zero attached hydrogens (tertiary/aromatic N) is 4. The van der Waals surface area contributed by atoms with Gasteiger partial charge >= 0.3 is 0 Å². The van der Waals surface area contributed by atoms with Gasteiger partial charge in [0.05, 0.1) is 42.3 Å². The first kappa shape index (κ1) is 31.7. The van der Waals surface area contributed by atoms with Crippen molar-refractivity contribution in [2.24, 2.45) is 7.05 Å². The van der Waals surface area contributed by atoms with Crippen molar-refractivity contribution in [3.63, 3.8) is 0 Å². The number of fused-ring (bicyclic) bond motifs is 1. The van der Waals surface area contributed by atoms with Crippen LogP contribution in [-0.4, -0.2) is 70.7 Å². The summed E-state index contributed by atoms with van der Waals surface area (Å²) in [5.41, 5.74) is 6.43. The first-order valence-corrected chi connectivity index (χ1v) is 15.5. The maximum Gasteiger partial charge on any atom is 0.291 e. The predicted octanol–water partition coefficient (Wildman–Crippen LogP) is 4.82. The molecule has 0 spiro atoms. The molecule has 0 bridgehead atoms. The van der Waals surface area contributed by atoms with Crippen molar-refractivity contribution in [3.8, 4) is 16.9 Å². The van der Waals surface area contributed by atoms with Gasteiger partial charge < -0.3 is 34.9 Å². The van der Waals surface area contributed by atoms with Gasteiger partial charge in [0.1, 0.15) is 11.4 Å². The molecule has 6 rings (SSSR count). The van der Waals surface area contributed by atoms with E-state index >= 15 is 0 Å². The van der Waals surface area contributed by atoms with Crippen LogP contribution in [-0.2, 0) is 31.3 Å². The number of pyridine rings is 1. The van der Waals surface area contributed by atoms with Crippen molar-refractivity contribution < 1.29 is 19.1 Å². The topological polar surface area (TPSA) is 123 Å². The molecule has 2 amide bonds. The second kappa shape index (κ2) is 12.8. The number of amides is 2. The Bertz CT molecular complexity index is 1820. The number of aromatic nitrogens is 3. The normalized spacial score (nSPS) is 15.5. The van der Waals surface area contributed by atoms with E-state index in [9.17, 15) is 9.59 Å². The van der Waals surface area contributed by atoms with Crippen LogP contribution in [0.25, 0.3) is 11.1 Å². The minimum Gasteiger partial charge on any atom is -0.496 e. The number of nitrogens with one attached hydrogen (secondary N) is 3. The van der Waals surface area contributed by atoms with E-state index in [2.05, 4.69) is 37.7 Å². The number of hydrogen-bond acceptors (Lipinski definition) is 8. The third kappa shape index (κ3) is 6.23. The summed E-state index contributed by atoms with van der Waals surface area (Å²) in [5, 5.41) is 9.79. The Morgan fingerprint density at radius 3 is 2.50 bits per heavy atom. The van der Waals surface area contributed by atoms with E-state index in [1.807, 2.05) is 55.9 Å². The molecule has 0 radical (unpaired) electrons. The van der Waals surface area contributed by atoms with Gasteiger partial charge in [0.15, 0.2) is 5.82 Å². The summed E-state index contributed by atoms with van der Waals surface area (Å²) in [6.45, 7) is 7.48. The fourth-order valence-corrected chi connectivity index (χ4v) is 6.13. The van der Waals surface area contributed by atoms with E-state index < -0.39 is 0 Å². The van der Waals surface area contributed by atoms with Crippen LogP contribution in [0.2, 0.25) is 5.02 Å². The molecule has 4 aromatic rings. The van der Waals surface area contributed by atoms with Crippen molar-refractivity contribution in [2.45, 2.75) is 38.9 Å². The quantitative estimate of drug-likeness (QED) is 0.237. The smallest absolute Gasteiger partial charge is 0.291 e. The van der Waals surface area contributed by atoms with E-state index in [0.717, 1.165) is 46.6 Å². The molecule has 0 atom stereocenters. The number of likely N-dealkylation sites (N-methyl/N-ethyl adjacent to an activating group) is 1. The second-order valence-corrected chi connectivity index (χ2v) is 12.6. The minimum atomic E-state index is -0.367. The van der Waals surface area contributed by atoms with Crippen LogP contribution in [0.1, 0.15) is 50.5 Å². The Balaban J connectivity index is 1.19. The van der Waals surface area contributed by atoms with Crippen LogP contribution < -0.4 is 20.7 Å². The largest absolute Gasteiger partial charge is 0.496 e. The zero-order chi connectivity index (χ0) is 32.6. The zero-order valence-corrected chi connectivity index (χ0v) is 27.4. The Labute approximate surface area is 273 Å². The van der Waals surface area contributed by atoms with E-state index in [-0.39, 0.29) is 23.0 Å². The first-order chi connectivity index (χ1) is 22.1. The summed E-state index contributed by atoms with van der Waals surface area (Å²) in [4.78, 5) is 37.9. The van der Waals surface area contributed by atoms with E-state index in [1.165, 1.54) is 0 Å². The van der Waals surface area contributed by atoms with Crippen molar-refractivity contribution in [3.05, 3.63) is 87.7 Å². The molecule has 0 unspecified atom stereocenters. The Morgan fingerprint density at radius 1 is 1.07 bits per heavy atom. The molecule has 2 aliphatic rings. The molecule has 3 N–H and O–H groups in total. The van der Waals surface area contributed by atoms with Crippen LogP contribution in [0.15, 0.2) is 48.7 Å². The lowest BCUT2D eigenvalue weighted by Gasteiger charge is -2.39. The number of halogens is 1. The summed E-state index contributed by atoms with van der Waals surface area (Å²) in [7, 11) is 5.49. The molecule has 1 saturated heterocycles. The van der Waals surface area contributed by atoms with Gasteiger partial charge in [-0.15, -0.1) is 0 Å². The third-order valence-corrected chi connectivity index (χ3v) is 9.12. The van der Waals surface area contributed by atoms with E-state index in [4.69, 9.17) is 21.1 Å². The number of benzene rings is 2. The Morgan fingerprint density at radius 2 is 1.78 bits per heavy atom. The standard InChI is InChI=1S/C34H38ClN7O4/c1-20-22(23-9-7-11-25(30(23)35)40-33(44)31-38-27-17-41(3)13-12-28(27)42(31)4)8-6-10-24(20)39-32(43)26-14-29(45-5)21(15-36-26)16-37-34(2)18-46-19-34/h6-11,14-15,37H,12-13,16-19H2,1-5H3,(H,39,43)(H,40,44). The van der Waals surface area contributed by atoms with Gasteiger partial charge in [0.25, 0.3) is 11.8 Å². The van der Waals surface area contributed by atoms with Gasteiger partial charge in [0, 0.05) is 67.9 Å². The van der Waals surface area contributed by atoms with Gasteiger partial charge in [-0.25, -0.2) is 4.98 Å². The van der Waals surface area contributed by atoms with Crippen molar-refractivity contribution >= 4 is 34.8 Å². The van der Waals surface area contributed by atoms with Crippen LogP contribution in [0, 0.1) is 6.92 Å². The molecule has 2 aromatic carbocycles. The molecule has 2 aromatic heterocycles. The maximum absolute atomic E-state index is 13.3. The summed E-state index contributed by atoms with van der Waals surface area (Å²) in [5.74, 6) is 0.228. The highest BCUT2D eigenvalue weighted by atomic mass is 35.5. The highest BCUT2D eigenvalue weighted by Gasteiger charge is 2.33. The highest BCUT2D eigenvalue weighted by Crippen LogP contribution is 2.38. The number of rotatable bonds is 9. The number of anilines is 2. The molecule has 4 heterocycles. The van der Waals surface area contributed by atoms with E-state index in [0.29, 0.717) is 54.3 Å². The number of imidazole rings is 1. The molecule has 11 nitrogen and oxygen atoms in total. The van der Waals surface area contributed by atoms with Crippen molar-refractivity contribution in [1.82, 2.24) is 24.8 Å². The molecular formula is C34H38ClN7O4. The molecule has 0 aliphatic carbocycles. The average molecular weight is 644 g/mol. The van der Waals surface area contributed by atoms with Gasteiger partial charge in [-0.2, -0.15) is 0 Å². The lowest BCUT2D eigenvalue weighted by Crippen LogP contribution is -2.57. The van der Waals surface area contributed by atoms with Gasteiger partial charge in [0.2, 0.25) is 0 Å². The molecule has 1 fully saturated rings. The number of methoxy groups -OCH3 is 1. The first-order valence-electron chi connectivity index (χ1n) is 15.2. The molecule has 2 aliphatic heterocycles. The lowest BCUT2D eigenvalue weighted by molar-refractivity contribution is -0.0650. The van der Waals surface area contributed by atoms with Crippen LogP contribution >= 0.6 is 11.6 Å². The van der Waals surface area contributed by atoms with Gasteiger partial charge in [-0.1, -0.05) is 35.9 Å². The summed E-state index contributed by atoms with van der Waals surface area (Å²) < 4.78 is 12.7.